The normalized spacial score (nSPS) is 12.7. The molecule has 0 fully saturated rings. The third-order valence-electron chi connectivity index (χ3n) is 4.72. The molecule has 1 heterocycles. The minimum atomic E-state index is -0.530. The standard InChI is InChI=1S/C21H15ClN2O3/c22-18-12-11-16(24(26)27)13-17(18)21(25)23-19-7-3-1-5-14(19)9-10-15-6-2-4-8-20(15)23/h1-8,11-13H,9-10H2. The molecule has 0 N–H and O–H groups in total. The van der Waals surface area contributed by atoms with Gasteiger partial charge in [0, 0.05) is 12.1 Å². The molecule has 3 aromatic carbocycles. The molecule has 1 aliphatic rings. The highest BCUT2D eigenvalue weighted by Gasteiger charge is 2.28. The number of fused-ring (bicyclic) bond motifs is 2. The van der Waals surface area contributed by atoms with Crippen molar-refractivity contribution >= 4 is 34.6 Å². The largest absolute Gasteiger partial charge is 0.276 e. The quantitative estimate of drug-likeness (QED) is 0.447. The monoisotopic (exact) mass is 378 g/mol. The van der Waals surface area contributed by atoms with Gasteiger partial charge < -0.3 is 0 Å². The molecule has 0 atom stereocenters. The van der Waals surface area contributed by atoms with E-state index in [1.54, 1.807) is 4.90 Å². The number of hydrogen-bond donors (Lipinski definition) is 0. The maximum Gasteiger partial charge on any atom is 0.270 e. The number of para-hydroxylation sites is 2. The first kappa shape index (κ1) is 17.2. The number of carbonyl (C=O) groups excluding carboxylic acids is 1. The van der Waals surface area contributed by atoms with Gasteiger partial charge in [0.15, 0.2) is 0 Å². The Labute approximate surface area is 161 Å². The minimum Gasteiger partial charge on any atom is -0.276 e. The van der Waals surface area contributed by atoms with E-state index < -0.39 is 4.92 Å². The van der Waals surface area contributed by atoms with Gasteiger partial charge in [-0.25, -0.2) is 0 Å². The number of hydrogen-bond acceptors (Lipinski definition) is 3. The van der Waals surface area contributed by atoms with Crippen LogP contribution in [-0.4, -0.2) is 10.8 Å². The maximum absolute atomic E-state index is 13.5. The number of nitro groups is 1. The van der Waals surface area contributed by atoms with Crippen molar-refractivity contribution in [2.45, 2.75) is 12.8 Å². The molecule has 0 saturated carbocycles. The van der Waals surface area contributed by atoms with Crippen LogP contribution in [0.25, 0.3) is 0 Å². The molecular weight excluding hydrogens is 364 g/mol. The van der Waals surface area contributed by atoms with Gasteiger partial charge >= 0.3 is 0 Å². The number of nitrogens with zero attached hydrogens (tertiary/aromatic N) is 2. The zero-order valence-electron chi connectivity index (χ0n) is 14.3. The summed E-state index contributed by atoms with van der Waals surface area (Å²) in [6.45, 7) is 0. The molecule has 0 radical (unpaired) electrons. The van der Waals surface area contributed by atoms with Crippen LogP contribution in [-0.2, 0) is 12.8 Å². The Morgan fingerprint density at radius 3 is 2.04 bits per heavy atom. The molecule has 0 aliphatic carbocycles. The average molecular weight is 379 g/mol. The van der Waals surface area contributed by atoms with Crippen molar-refractivity contribution in [3.63, 3.8) is 0 Å². The number of carbonyl (C=O) groups is 1. The van der Waals surface area contributed by atoms with Crippen LogP contribution in [0, 0.1) is 10.1 Å². The van der Waals surface area contributed by atoms with Gasteiger partial charge in [0.2, 0.25) is 0 Å². The Balaban J connectivity index is 1.92. The van der Waals surface area contributed by atoms with E-state index in [-0.39, 0.29) is 22.2 Å². The fraction of sp³-hybridized carbons (Fsp3) is 0.0952. The molecule has 0 aromatic heterocycles. The molecule has 0 bridgehead atoms. The van der Waals surface area contributed by atoms with Crippen LogP contribution in [0.2, 0.25) is 5.02 Å². The van der Waals surface area contributed by atoms with Crippen molar-refractivity contribution in [1.82, 2.24) is 0 Å². The second-order valence-corrected chi connectivity index (χ2v) is 6.73. The molecule has 6 heteroatoms. The first-order valence-corrected chi connectivity index (χ1v) is 8.88. The number of amides is 1. The Morgan fingerprint density at radius 2 is 1.48 bits per heavy atom. The van der Waals surface area contributed by atoms with Gasteiger partial charge in [-0.1, -0.05) is 48.0 Å². The summed E-state index contributed by atoms with van der Waals surface area (Å²) in [5.41, 5.74) is 3.58. The van der Waals surface area contributed by atoms with Gasteiger partial charge in [0.25, 0.3) is 11.6 Å². The summed E-state index contributed by atoms with van der Waals surface area (Å²) in [5.74, 6) is -0.384. The maximum atomic E-state index is 13.5. The number of nitro benzene ring substituents is 1. The Morgan fingerprint density at radius 1 is 0.926 bits per heavy atom. The molecule has 4 rings (SSSR count). The lowest BCUT2D eigenvalue weighted by Crippen LogP contribution is -2.27. The van der Waals surface area contributed by atoms with E-state index in [4.69, 9.17) is 11.6 Å². The molecule has 134 valence electrons. The van der Waals surface area contributed by atoms with Crippen molar-refractivity contribution in [3.8, 4) is 0 Å². The summed E-state index contributed by atoms with van der Waals surface area (Å²) in [6.07, 6.45) is 1.61. The van der Waals surface area contributed by atoms with Gasteiger partial charge in [-0.15, -0.1) is 0 Å². The van der Waals surface area contributed by atoms with Crippen LogP contribution in [0.15, 0.2) is 66.7 Å². The number of anilines is 2. The Hall–Kier alpha value is -3.18. The van der Waals surface area contributed by atoms with Crippen LogP contribution in [0.3, 0.4) is 0 Å². The van der Waals surface area contributed by atoms with Crippen molar-refractivity contribution in [3.05, 3.63) is 98.6 Å². The predicted octanol–water partition coefficient (Wildman–Crippen LogP) is 5.33. The summed E-state index contributed by atoms with van der Waals surface area (Å²) in [7, 11) is 0. The third-order valence-corrected chi connectivity index (χ3v) is 5.05. The molecule has 0 spiro atoms. The van der Waals surface area contributed by atoms with Crippen LogP contribution in [0.5, 0.6) is 0 Å². The molecular formula is C21H15ClN2O3. The Kier molecular flexibility index (Phi) is 4.38. The van der Waals surface area contributed by atoms with Gasteiger partial charge in [-0.2, -0.15) is 0 Å². The lowest BCUT2D eigenvalue weighted by atomic mass is 10.0. The van der Waals surface area contributed by atoms with E-state index >= 15 is 0 Å². The minimum absolute atomic E-state index is 0.109. The smallest absolute Gasteiger partial charge is 0.270 e. The number of non-ortho nitro benzene ring substituents is 1. The van der Waals surface area contributed by atoms with Crippen LogP contribution in [0.1, 0.15) is 21.5 Å². The molecule has 1 aliphatic heterocycles. The fourth-order valence-corrected chi connectivity index (χ4v) is 3.61. The summed E-state index contributed by atoms with van der Waals surface area (Å²) in [4.78, 5) is 25.7. The number of halogens is 1. The van der Waals surface area contributed by atoms with E-state index in [0.29, 0.717) is 0 Å². The summed E-state index contributed by atoms with van der Waals surface area (Å²) in [6, 6.07) is 19.3. The average Bonchev–Trinajstić information content (AvgIpc) is 2.84. The summed E-state index contributed by atoms with van der Waals surface area (Å²) >= 11 is 6.24. The number of rotatable bonds is 2. The second-order valence-electron chi connectivity index (χ2n) is 6.32. The first-order valence-electron chi connectivity index (χ1n) is 8.50. The lowest BCUT2D eigenvalue weighted by molar-refractivity contribution is -0.384. The zero-order chi connectivity index (χ0) is 19.0. The molecule has 1 amide bonds. The van der Waals surface area contributed by atoms with Gasteiger partial charge in [0.05, 0.1) is 26.9 Å². The fourth-order valence-electron chi connectivity index (χ4n) is 3.41. The molecule has 27 heavy (non-hydrogen) atoms. The topological polar surface area (TPSA) is 63.4 Å². The van der Waals surface area contributed by atoms with Crippen LogP contribution in [0.4, 0.5) is 17.1 Å². The van der Waals surface area contributed by atoms with Gasteiger partial charge in [0.1, 0.15) is 0 Å². The highest BCUT2D eigenvalue weighted by Crippen LogP contribution is 2.38. The second kappa shape index (κ2) is 6.85. The van der Waals surface area contributed by atoms with Crippen molar-refractivity contribution in [2.75, 3.05) is 4.90 Å². The van der Waals surface area contributed by atoms with Crippen molar-refractivity contribution in [1.29, 1.82) is 0 Å². The van der Waals surface area contributed by atoms with E-state index in [0.717, 1.165) is 35.3 Å². The first-order chi connectivity index (χ1) is 13.1. The molecule has 0 unspecified atom stereocenters. The summed E-state index contributed by atoms with van der Waals surface area (Å²) in [5, 5.41) is 11.3. The van der Waals surface area contributed by atoms with Crippen molar-refractivity contribution in [2.24, 2.45) is 0 Å². The highest BCUT2D eigenvalue weighted by molar-refractivity contribution is 6.35. The number of benzene rings is 3. The summed E-state index contributed by atoms with van der Waals surface area (Å²) < 4.78 is 0. The third kappa shape index (κ3) is 3.06. The molecule has 5 nitrogen and oxygen atoms in total. The SMILES string of the molecule is O=C(c1cc([N+](=O)[O-])ccc1Cl)N1c2ccccc2CCc2ccccc21. The van der Waals surface area contributed by atoms with Crippen LogP contribution < -0.4 is 4.90 Å². The number of aryl methyl sites for hydroxylation is 2. The zero-order valence-corrected chi connectivity index (χ0v) is 15.0. The van der Waals surface area contributed by atoms with E-state index in [9.17, 15) is 14.9 Å². The lowest BCUT2D eigenvalue weighted by Gasteiger charge is -2.25. The predicted molar refractivity (Wildman–Crippen MR) is 105 cm³/mol. The van der Waals surface area contributed by atoms with Crippen LogP contribution >= 0.6 is 11.6 Å². The molecule has 3 aromatic rings. The van der Waals surface area contributed by atoms with E-state index in [1.807, 2.05) is 48.5 Å². The van der Waals surface area contributed by atoms with Gasteiger partial charge in [-0.3, -0.25) is 19.8 Å². The van der Waals surface area contributed by atoms with E-state index in [2.05, 4.69) is 0 Å². The van der Waals surface area contributed by atoms with Crippen molar-refractivity contribution < 1.29 is 9.72 Å². The highest BCUT2D eigenvalue weighted by atomic mass is 35.5. The Bertz CT molecular complexity index is 1020. The van der Waals surface area contributed by atoms with Gasteiger partial charge in [-0.05, 0) is 42.2 Å². The molecule has 0 saturated heterocycles. The van der Waals surface area contributed by atoms with E-state index in [1.165, 1.54) is 18.2 Å².